The highest BCUT2D eigenvalue weighted by Gasteiger charge is 2.33. The van der Waals surface area contributed by atoms with E-state index in [2.05, 4.69) is 10.4 Å². The second-order valence-corrected chi connectivity index (χ2v) is 4.38. The molecule has 100 valence electrons. The molecule has 18 heavy (non-hydrogen) atoms. The average molecular weight is 261 g/mol. The van der Waals surface area contributed by atoms with Crippen molar-refractivity contribution in [3.05, 3.63) is 18.0 Å². The van der Waals surface area contributed by atoms with E-state index in [1.165, 1.54) is 10.9 Å². The lowest BCUT2D eigenvalue weighted by Crippen LogP contribution is -2.36. The van der Waals surface area contributed by atoms with E-state index in [0.29, 0.717) is 6.54 Å². The highest BCUT2D eigenvalue weighted by atomic mass is 19.4. The summed E-state index contributed by atoms with van der Waals surface area (Å²) in [5, 5.41) is 6.10. The van der Waals surface area contributed by atoms with Gasteiger partial charge in [-0.05, 0) is 18.9 Å². The van der Waals surface area contributed by atoms with Crippen molar-refractivity contribution in [2.45, 2.75) is 32.0 Å². The van der Waals surface area contributed by atoms with Crippen molar-refractivity contribution in [1.82, 2.24) is 15.1 Å². The largest absolute Gasteiger partial charge is 0.435 e. The van der Waals surface area contributed by atoms with Gasteiger partial charge in [-0.25, -0.2) is 0 Å². The Morgan fingerprint density at radius 1 is 1.50 bits per heavy atom. The Morgan fingerprint density at radius 3 is 2.72 bits per heavy atom. The highest BCUT2D eigenvalue weighted by Crippen LogP contribution is 2.27. The van der Waals surface area contributed by atoms with Crippen LogP contribution in [0.15, 0.2) is 12.3 Å². The Hall–Kier alpha value is -1.53. The molecular weight excluding hydrogens is 247 g/mol. The van der Waals surface area contributed by atoms with Gasteiger partial charge in [-0.15, -0.1) is 0 Å². The third kappa shape index (κ3) is 3.02. The van der Waals surface area contributed by atoms with E-state index in [1.807, 2.05) is 0 Å². The van der Waals surface area contributed by atoms with Gasteiger partial charge in [-0.3, -0.25) is 9.48 Å². The maximum absolute atomic E-state index is 12.3. The minimum Gasteiger partial charge on any atom is -0.354 e. The average Bonchev–Trinajstić information content (AvgIpc) is 2.62. The van der Waals surface area contributed by atoms with Crippen molar-refractivity contribution in [2.75, 3.05) is 6.54 Å². The van der Waals surface area contributed by atoms with E-state index in [0.717, 1.165) is 25.3 Å². The van der Waals surface area contributed by atoms with Crippen LogP contribution in [0.2, 0.25) is 0 Å². The molecule has 7 heteroatoms. The van der Waals surface area contributed by atoms with Crippen molar-refractivity contribution in [3.63, 3.8) is 0 Å². The molecule has 0 aliphatic heterocycles. The van der Waals surface area contributed by atoms with Crippen LogP contribution in [0.5, 0.6) is 0 Å². The molecule has 1 saturated carbocycles. The van der Waals surface area contributed by atoms with Crippen LogP contribution in [0.3, 0.4) is 0 Å². The predicted molar refractivity (Wildman–Crippen MR) is 57.6 cm³/mol. The maximum Gasteiger partial charge on any atom is 0.435 e. The molecule has 0 spiro atoms. The number of hydrogen-bond acceptors (Lipinski definition) is 2. The van der Waals surface area contributed by atoms with Crippen LogP contribution in [0, 0.1) is 5.92 Å². The number of carbonyl (C=O) groups is 1. The molecule has 1 amide bonds. The number of carbonyl (C=O) groups excluding carboxylic acids is 1. The van der Waals surface area contributed by atoms with Crippen LogP contribution in [0.1, 0.15) is 25.0 Å². The quantitative estimate of drug-likeness (QED) is 0.898. The first kappa shape index (κ1) is 12.9. The minimum atomic E-state index is -4.42. The summed E-state index contributed by atoms with van der Waals surface area (Å²) in [6, 6.07) is 0.924. The molecule has 1 aliphatic carbocycles. The Morgan fingerprint density at radius 2 is 2.22 bits per heavy atom. The van der Waals surface area contributed by atoms with E-state index in [9.17, 15) is 18.0 Å². The molecular formula is C11H14F3N3O. The molecule has 0 radical (unpaired) electrons. The van der Waals surface area contributed by atoms with Gasteiger partial charge in [0.05, 0.1) is 6.54 Å². The first-order valence-corrected chi connectivity index (χ1v) is 5.85. The van der Waals surface area contributed by atoms with Gasteiger partial charge in [0.25, 0.3) is 0 Å². The van der Waals surface area contributed by atoms with E-state index in [4.69, 9.17) is 0 Å². The second kappa shape index (κ2) is 4.99. The molecule has 1 fully saturated rings. The summed E-state index contributed by atoms with van der Waals surface area (Å²) in [4.78, 5) is 11.5. The van der Waals surface area contributed by atoms with Crippen molar-refractivity contribution in [2.24, 2.45) is 5.92 Å². The van der Waals surface area contributed by atoms with Crippen LogP contribution in [0.4, 0.5) is 13.2 Å². The maximum atomic E-state index is 12.3. The third-order valence-corrected chi connectivity index (χ3v) is 3.05. The molecule has 2 rings (SSSR count). The van der Waals surface area contributed by atoms with Gasteiger partial charge >= 0.3 is 6.18 Å². The molecule has 1 aromatic rings. The van der Waals surface area contributed by atoms with Gasteiger partial charge in [0.1, 0.15) is 0 Å². The van der Waals surface area contributed by atoms with Gasteiger partial charge in [-0.2, -0.15) is 18.3 Å². The minimum absolute atomic E-state index is 0.00977. The SMILES string of the molecule is O=C(NCCn1ccc(C(F)(F)F)n1)C1CCC1. The summed E-state index contributed by atoms with van der Waals surface area (Å²) in [6.07, 6.45) is -0.261. The summed E-state index contributed by atoms with van der Waals surface area (Å²) >= 11 is 0. The number of aromatic nitrogens is 2. The third-order valence-electron chi connectivity index (χ3n) is 3.05. The predicted octanol–water partition coefficient (Wildman–Crippen LogP) is 1.82. The Balaban J connectivity index is 1.76. The number of nitrogens with zero attached hydrogens (tertiary/aromatic N) is 2. The summed E-state index contributed by atoms with van der Waals surface area (Å²) in [5.74, 6) is 0.0813. The molecule has 0 bridgehead atoms. The second-order valence-electron chi connectivity index (χ2n) is 4.38. The Labute approximate surface area is 102 Å². The summed E-state index contributed by atoms with van der Waals surface area (Å²) < 4.78 is 38.0. The van der Waals surface area contributed by atoms with E-state index >= 15 is 0 Å². The number of amides is 1. The summed E-state index contributed by atoms with van der Waals surface area (Å²) in [6.45, 7) is 0.544. The van der Waals surface area contributed by atoms with E-state index in [1.54, 1.807) is 0 Å². The summed E-state index contributed by atoms with van der Waals surface area (Å²) in [5.41, 5.74) is -0.909. The zero-order valence-electron chi connectivity index (χ0n) is 9.70. The number of nitrogens with one attached hydrogen (secondary N) is 1. The first-order valence-electron chi connectivity index (χ1n) is 5.85. The van der Waals surface area contributed by atoms with Crippen LogP contribution in [-0.4, -0.2) is 22.2 Å². The molecule has 1 aliphatic rings. The molecule has 1 aromatic heterocycles. The number of alkyl halides is 3. The number of halogens is 3. The molecule has 0 saturated heterocycles. The van der Waals surface area contributed by atoms with Crippen LogP contribution >= 0.6 is 0 Å². The lowest BCUT2D eigenvalue weighted by atomic mass is 9.85. The standard InChI is InChI=1S/C11H14F3N3O/c12-11(13,14)9-4-6-17(16-9)7-5-15-10(18)8-2-1-3-8/h4,6,8H,1-3,5,7H2,(H,15,18). The van der Waals surface area contributed by atoms with Crippen LogP contribution in [0.25, 0.3) is 0 Å². The molecule has 1 N–H and O–H groups in total. The number of rotatable bonds is 4. The van der Waals surface area contributed by atoms with Gasteiger partial charge in [0, 0.05) is 18.7 Å². The Bertz CT molecular complexity index is 423. The molecule has 0 unspecified atom stereocenters. The van der Waals surface area contributed by atoms with Crippen molar-refractivity contribution in [3.8, 4) is 0 Å². The van der Waals surface area contributed by atoms with Crippen molar-refractivity contribution in [1.29, 1.82) is 0 Å². The lowest BCUT2D eigenvalue weighted by Gasteiger charge is -2.23. The first-order chi connectivity index (χ1) is 8.47. The lowest BCUT2D eigenvalue weighted by molar-refractivity contribution is -0.141. The summed E-state index contributed by atoms with van der Waals surface area (Å²) in [7, 11) is 0. The zero-order chi connectivity index (χ0) is 13.2. The fourth-order valence-corrected chi connectivity index (χ4v) is 1.75. The van der Waals surface area contributed by atoms with Crippen LogP contribution < -0.4 is 5.32 Å². The fraction of sp³-hybridized carbons (Fsp3) is 0.636. The van der Waals surface area contributed by atoms with Gasteiger partial charge in [-0.1, -0.05) is 6.42 Å². The fourth-order valence-electron chi connectivity index (χ4n) is 1.75. The van der Waals surface area contributed by atoms with E-state index < -0.39 is 11.9 Å². The van der Waals surface area contributed by atoms with E-state index in [-0.39, 0.29) is 18.4 Å². The van der Waals surface area contributed by atoms with Gasteiger partial charge in [0.15, 0.2) is 5.69 Å². The monoisotopic (exact) mass is 261 g/mol. The zero-order valence-corrected chi connectivity index (χ0v) is 9.70. The smallest absolute Gasteiger partial charge is 0.354 e. The van der Waals surface area contributed by atoms with Crippen molar-refractivity contribution < 1.29 is 18.0 Å². The van der Waals surface area contributed by atoms with Crippen LogP contribution in [-0.2, 0) is 17.5 Å². The highest BCUT2D eigenvalue weighted by molar-refractivity contribution is 5.79. The van der Waals surface area contributed by atoms with Crippen molar-refractivity contribution >= 4 is 5.91 Å². The molecule has 0 atom stereocenters. The Kier molecular flexibility index (Phi) is 3.58. The molecule has 1 heterocycles. The normalized spacial score (nSPS) is 16.4. The number of hydrogen-bond donors (Lipinski definition) is 1. The van der Waals surface area contributed by atoms with Gasteiger partial charge in [0.2, 0.25) is 5.91 Å². The topological polar surface area (TPSA) is 46.9 Å². The molecule has 0 aromatic carbocycles. The molecule has 4 nitrogen and oxygen atoms in total. The van der Waals surface area contributed by atoms with Gasteiger partial charge < -0.3 is 5.32 Å².